The molecule has 0 aromatic heterocycles. The zero-order chi connectivity index (χ0) is 20.3. The molecule has 0 saturated heterocycles. The Hall–Kier alpha value is -0.780. The van der Waals surface area contributed by atoms with Crippen molar-refractivity contribution < 1.29 is 0 Å². The molecule has 0 bridgehead atoms. The van der Waals surface area contributed by atoms with E-state index in [0.29, 0.717) is 0 Å². The van der Waals surface area contributed by atoms with Gasteiger partial charge in [-0.3, -0.25) is 0 Å². The van der Waals surface area contributed by atoms with Crippen LogP contribution in [0.2, 0.25) is 0 Å². The van der Waals surface area contributed by atoms with Gasteiger partial charge in [-0.25, -0.2) is 0 Å². The Bertz CT molecular complexity index is 539. The molecule has 1 aromatic carbocycles. The van der Waals surface area contributed by atoms with Crippen LogP contribution >= 0.6 is 0 Å². The first-order chi connectivity index (χ1) is 13.4. The standard InChI is InChI=1S/C28H46/c1-19(2)24-14-12-21(5)16-26(24)28(18-23-10-8-7-9-11-23)27-17-22(6)13-15-25(27)20(3)4/h7-11,19-22,24-28H,12-18H2,1-6H3. The van der Waals surface area contributed by atoms with Gasteiger partial charge in [-0.15, -0.1) is 0 Å². The minimum absolute atomic E-state index is 0.828. The predicted molar refractivity (Wildman–Crippen MR) is 123 cm³/mol. The fourth-order valence-corrected chi connectivity index (χ4v) is 7.04. The zero-order valence-electron chi connectivity index (χ0n) is 19.5. The van der Waals surface area contributed by atoms with E-state index in [1.165, 1.54) is 44.9 Å². The van der Waals surface area contributed by atoms with Gasteiger partial charge in [-0.2, -0.15) is 0 Å². The summed E-state index contributed by atoms with van der Waals surface area (Å²) in [5.41, 5.74) is 1.58. The van der Waals surface area contributed by atoms with Gasteiger partial charge in [0.1, 0.15) is 0 Å². The Kier molecular flexibility index (Phi) is 7.68. The summed E-state index contributed by atoms with van der Waals surface area (Å²) in [6, 6.07) is 11.5. The van der Waals surface area contributed by atoms with Crippen molar-refractivity contribution in [2.24, 2.45) is 53.3 Å². The molecular weight excluding hydrogens is 336 g/mol. The highest BCUT2D eigenvalue weighted by atomic mass is 14.5. The van der Waals surface area contributed by atoms with Gasteiger partial charge in [0, 0.05) is 0 Å². The second kappa shape index (κ2) is 9.82. The minimum atomic E-state index is 0.828. The number of hydrogen-bond donors (Lipinski definition) is 0. The van der Waals surface area contributed by atoms with Crippen LogP contribution in [-0.2, 0) is 6.42 Å². The number of hydrogen-bond acceptors (Lipinski definition) is 0. The third-order valence-electron chi connectivity index (χ3n) is 8.56. The molecule has 2 fully saturated rings. The monoisotopic (exact) mass is 382 g/mol. The minimum Gasteiger partial charge on any atom is -0.0625 e. The van der Waals surface area contributed by atoms with Gasteiger partial charge in [0.25, 0.3) is 0 Å². The van der Waals surface area contributed by atoms with Crippen LogP contribution < -0.4 is 0 Å². The lowest BCUT2D eigenvalue weighted by Crippen LogP contribution is -2.42. The molecule has 0 spiro atoms. The molecule has 0 aliphatic heterocycles. The van der Waals surface area contributed by atoms with Crippen LogP contribution in [0, 0.1) is 53.3 Å². The summed E-state index contributed by atoms with van der Waals surface area (Å²) in [7, 11) is 0. The first-order valence-corrected chi connectivity index (χ1v) is 12.4. The summed E-state index contributed by atoms with van der Waals surface area (Å²) in [5, 5.41) is 0. The molecule has 28 heavy (non-hydrogen) atoms. The highest BCUT2D eigenvalue weighted by molar-refractivity contribution is 5.16. The van der Waals surface area contributed by atoms with Gasteiger partial charge in [-0.1, -0.05) is 84.7 Å². The smallest absolute Gasteiger partial charge is 0.0245 e. The van der Waals surface area contributed by atoms with E-state index in [1.807, 2.05) is 0 Å². The second-order valence-electron chi connectivity index (χ2n) is 11.3. The molecule has 0 amide bonds. The van der Waals surface area contributed by atoms with Crippen molar-refractivity contribution >= 4 is 0 Å². The van der Waals surface area contributed by atoms with E-state index in [-0.39, 0.29) is 0 Å². The topological polar surface area (TPSA) is 0 Å². The van der Waals surface area contributed by atoms with Crippen molar-refractivity contribution in [1.82, 2.24) is 0 Å². The maximum atomic E-state index is 2.52. The Labute approximate surface area is 175 Å². The van der Waals surface area contributed by atoms with Crippen molar-refractivity contribution in [3.05, 3.63) is 35.9 Å². The van der Waals surface area contributed by atoms with E-state index in [2.05, 4.69) is 71.9 Å². The fraction of sp³-hybridized carbons (Fsp3) is 0.786. The highest BCUT2D eigenvalue weighted by Crippen LogP contribution is 2.51. The van der Waals surface area contributed by atoms with E-state index in [4.69, 9.17) is 0 Å². The average Bonchev–Trinajstić information content (AvgIpc) is 2.66. The molecule has 2 aliphatic carbocycles. The molecule has 6 unspecified atom stereocenters. The van der Waals surface area contributed by atoms with Gasteiger partial charge in [0.2, 0.25) is 0 Å². The van der Waals surface area contributed by atoms with Crippen molar-refractivity contribution in [3.63, 3.8) is 0 Å². The number of rotatable bonds is 6. The van der Waals surface area contributed by atoms with Gasteiger partial charge in [0.05, 0.1) is 0 Å². The first-order valence-electron chi connectivity index (χ1n) is 12.4. The third-order valence-corrected chi connectivity index (χ3v) is 8.56. The van der Waals surface area contributed by atoms with Gasteiger partial charge < -0.3 is 0 Å². The predicted octanol–water partition coefficient (Wildman–Crippen LogP) is 8.26. The Morgan fingerprint density at radius 2 is 1.14 bits per heavy atom. The molecule has 0 N–H and O–H groups in total. The Morgan fingerprint density at radius 1 is 0.679 bits per heavy atom. The lowest BCUT2D eigenvalue weighted by molar-refractivity contribution is 0.00623. The van der Waals surface area contributed by atoms with E-state index in [1.54, 1.807) is 5.56 Å². The zero-order valence-corrected chi connectivity index (χ0v) is 19.5. The van der Waals surface area contributed by atoms with E-state index in [9.17, 15) is 0 Å². The maximum absolute atomic E-state index is 2.52. The summed E-state index contributed by atoms with van der Waals surface area (Å²) in [6.45, 7) is 15.0. The molecule has 2 saturated carbocycles. The van der Waals surface area contributed by atoms with Gasteiger partial charge >= 0.3 is 0 Å². The van der Waals surface area contributed by atoms with Crippen LogP contribution in [0.25, 0.3) is 0 Å². The summed E-state index contributed by atoms with van der Waals surface area (Å²) >= 11 is 0. The van der Waals surface area contributed by atoms with Crippen molar-refractivity contribution in [2.45, 2.75) is 86.5 Å². The molecule has 0 heterocycles. The normalized spacial score (nSPS) is 35.3. The molecule has 3 rings (SSSR count). The summed E-state index contributed by atoms with van der Waals surface area (Å²) in [6.07, 6.45) is 10.1. The van der Waals surface area contributed by atoms with Crippen LogP contribution in [0.3, 0.4) is 0 Å². The first kappa shape index (κ1) is 21.9. The SMILES string of the molecule is CC1CCC(C(C)C)C(C(Cc2ccccc2)C2CC(C)CCC2C(C)C)C1. The fourth-order valence-electron chi connectivity index (χ4n) is 7.04. The second-order valence-corrected chi connectivity index (χ2v) is 11.3. The summed E-state index contributed by atoms with van der Waals surface area (Å²) < 4.78 is 0. The largest absolute Gasteiger partial charge is 0.0625 e. The van der Waals surface area contributed by atoms with E-state index < -0.39 is 0 Å². The van der Waals surface area contributed by atoms with Crippen LogP contribution in [-0.4, -0.2) is 0 Å². The van der Waals surface area contributed by atoms with Crippen LogP contribution in [0.4, 0.5) is 0 Å². The van der Waals surface area contributed by atoms with Crippen molar-refractivity contribution in [3.8, 4) is 0 Å². The van der Waals surface area contributed by atoms with Crippen molar-refractivity contribution in [1.29, 1.82) is 0 Å². The Balaban J connectivity index is 1.95. The Morgan fingerprint density at radius 3 is 1.57 bits per heavy atom. The summed E-state index contributed by atoms with van der Waals surface area (Å²) in [5.74, 6) is 8.04. The molecule has 0 radical (unpaired) electrons. The van der Waals surface area contributed by atoms with Crippen molar-refractivity contribution in [2.75, 3.05) is 0 Å². The van der Waals surface area contributed by atoms with Crippen LogP contribution in [0.5, 0.6) is 0 Å². The quantitative estimate of drug-likeness (QED) is 0.464. The lowest BCUT2D eigenvalue weighted by atomic mass is 9.56. The number of benzene rings is 1. The third kappa shape index (κ3) is 5.22. The van der Waals surface area contributed by atoms with E-state index in [0.717, 1.165) is 53.3 Å². The molecule has 2 aliphatic rings. The van der Waals surface area contributed by atoms with Crippen LogP contribution in [0.1, 0.15) is 85.6 Å². The molecule has 0 heteroatoms. The van der Waals surface area contributed by atoms with Gasteiger partial charge in [-0.05, 0) is 90.9 Å². The van der Waals surface area contributed by atoms with Gasteiger partial charge in [0.15, 0.2) is 0 Å². The molecule has 1 aromatic rings. The molecule has 0 nitrogen and oxygen atoms in total. The molecule has 6 atom stereocenters. The highest BCUT2D eigenvalue weighted by Gasteiger charge is 2.43. The van der Waals surface area contributed by atoms with E-state index >= 15 is 0 Å². The average molecular weight is 383 g/mol. The molecule has 158 valence electrons. The lowest BCUT2D eigenvalue weighted by Gasteiger charge is -2.49. The molecular formula is C28H46. The van der Waals surface area contributed by atoms with Crippen LogP contribution in [0.15, 0.2) is 30.3 Å². The maximum Gasteiger partial charge on any atom is -0.0245 e. The summed E-state index contributed by atoms with van der Waals surface area (Å²) in [4.78, 5) is 0.